The van der Waals surface area contributed by atoms with Crippen LogP contribution in [0, 0.1) is 6.92 Å². The van der Waals surface area contributed by atoms with Gasteiger partial charge in [0, 0.05) is 11.9 Å². The van der Waals surface area contributed by atoms with E-state index in [0.717, 1.165) is 17.5 Å². The van der Waals surface area contributed by atoms with Crippen molar-refractivity contribution in [2.45, 2.75) is 26.8 Å². The van der Waals surface area contributed by atoms with Crippen LogP contribution >= 0.6 is 0 Å². The number of rotatable bonds is 8. The number of ether oxygens (including phenoxy) is 1. The fourth-order valence-electron chi connectivity index (χ4n) is 3.04. The summed E-state index contributed by atoms with van der Waals surface area (Å²) >= 11 is 0. The monoisotopic (exact) mass is 408 g/mol. The van der Waals surface area contributed by atoms with Crippen LogP contribution in [0.1, 0.15) is 18.9 Å². The molecule has 30 heavy (non-hydrogen) atoms. The molecule has 0 unspecified atom stereocenters. The molecule has 1 aromatic heterocycles. The molecule has 156 valence electrons. The van der Waals surface area contributed by atoms with Crippen molar-refractivity contribution < 1.29 is 19.4 Å². The molecule has 8 heteroatoms. The third-order valence-corrected chi connectivity index (χ3v) is 4.42. The van der Waals surface area contributed by atoms with Crippen LogP contribution in [-0.2, 0) is 16.1 Å². The molecule has 0 aliphatic carbocycles. The lowest BCUT2D eigenvalue weighted by Crippen LogP contribution is -2.32. The van der Waals surface area contributed by atoms with E-state index in [1.54, 1.807) is 10.6 Å². The zero-order chi connectivity index (χ0) is 21.5. The minimum absolute atomic E-state index is 0.0369. The number of carbonyl (C=O) groups excluding carboxylic acids is 2. The lowest BCUT2D eigenvalue weighted by molar-refractivity contribution is -0.126. The maximum absolute atomic E-state index is 12.0. The van der Waals surface area contributed by atoms with Gasteiger partial charge < -0.3 is 19.7 Å². The predicted molar refractivity (Wildman–Crippen MR) is 113 cm³/mol. The van der Waals surface area contributed by atoms with Crippen molar-refractivity contribution in [3.63, 3.8) is 0 Å². The summed E-state index contributed by atoms with van der Waals surface area (Å²) < 4.78 is 7.12. The second-order valence-corrected chi connectivity index (χ2v) is 6.82. The van der Waals surface area contributed by atoms with Crippen molar-refractivity contribution in [3.05, 3.63) is 54.1 Å². The van der Waals surface area contributed by atoms with Gasteiger partial charge in [-0.05, 0) is 37.1 Å². The Bertz CT molecular complexity index is 1090. The number of benzene rings is 2. The van der Waals surface area contributed by atoms with Crippen molar-refractivity contribution in [3.8, 4) is 11.6 Å². The van der Waals surface area contributed by atoms with Gasteiger partial charge in [-0.15, -0.1) is 10.2 Å². The van der Waals surface area contributed by atoms with Gasteiger partial charge in [-0.25, -0.2) is 0 Å². The summed E-state index contributed by atoms with van der Waals surface area (Å²) in [6.45, 7) is 4.03. The van der Waals surface area contributed by atoms with E-state index in [-0.39, 0.29) is 24.7 Å². The van der Waals surface area contributed by atoms with Gasteiger partial charge in [0.1, 0.15) is 12.3 Å². The minimum atomic E-state index is -0.634. The molecule has 0 fully saturated rings. The number of para-hydroxylation sites is 1. The number of aryl methyl sites for hydroxylation is 2. The highest BCUT2D eigenvalue weighted by atomic mass is 16.5. The van der Waals surface area contributed by atoms with Crippen molar-refractivity contribution in [2.24, 2.45) is 10.2 Å². The lowest BCUT2D eigenvalue weighted by atomic mass is 10.2. The van der Waals surface area contributed by atoms with Crippen LogP contribution in [0.3, 0.4) is 0 Å². The maximum atomic E-state index is 12.0. The molecule has 0 radical (unpaired) electrons. The molecule has 0 saturated carbocycles. The van der Waals surface area contributed by atoms with Gasteiger partial charge in [0.2, 0.25) is 5.88 Å². The van der Waals surface area contributed by atoms with Crippen LogP contribution < -0.4 is 10.1 Å². The highest BCUT2D eigenvalue weighted by Crippen LogP contribution is 2.38. The largest absolute Gasteiger partial charge is 0.493 e. The number of amides is 2. The number of hydrogen-bond acceptors (Lipinski definition) is 5. The standard InChI is InChI=1S/C22H24N4O4/c1-3-11-26-18-10-5-4-9-17(18)21(22(26)29)25-24-19(27)13-23-20(28)14-30-16-8-6-7-15(2)12-16/h4-10,12,29H,3,11,13-14H2,1-2H3,(H,23,28). The third kappa shape index (κ3) is 5.02. The predicted octanol–water partition coefficient (Wildman–Crippen LogP) is 3.87. The Hall–Kier alpha value is -3.68. The molecule has 0 saturated heterocycles. The van der Waals surface area contributed by atoms with Crippen molar-refractivity contribution in [1.29, 1.82) is 0 Å². The minimum Gasteiger partial charge on any atom is -0.493 e. The van der Waals surface area contributed by atoms with Gasteiger partial charge in [0.15, 0.2) is 12.3 Å². The number of fused-ring (bicyclic) bond motifs is 1. The van der Waals surface area contributed by atoms with Crippen LogP contribution in [0.5, 0.6) is 11.6 Å². The highest BCUT2D eigenvalue weighted by molar-refractivity contribution is 5.95. The number of azo groups is 1. The number of aromatic hydroxyl groups is 1. The summed E-state index contributed by atoms with van der Waals surface area (Å²) in [4.78, 5) is 23.9. The van der Waals surface area contributed by atoms with Crippen LogP contribution in [0.25, 0.3) is 10.9 Å². The molecule has 1 heterocycles. The summed E-state index contributed by atoms with van der Waals surface area (Å²) in [6, 6.07) is 14.7. The first kappa shape index (κ1) is 21.0. The fraction of sp³-hybridized carbons (Fsp3) is 0.273. The summed E-state index contributed by atoms with van der Waals surface area (Å²) in [5.41, 5.74) is 2.08. The van der Waals surface area contributed by atoms with Crippen LogP contribution in [-0.4, -0.2) is 34.6 Å². The second kappa shape index (κ2) is 9.69. The Kier molecular flexibility index (Phi) is 6.79. The Morgan fingerprint density at radius 3 is 2.73 bits per heavy atom. The van der Waals surface area contributed by atoms with E-state index in [2.05, 4.69) is 15.5 Å². The van der Waals surface area contributed by atoms with E-state index in [1.165, 1.54) is 0 Å². The second-order valence-electron chi connectivity index (χ2n) is 6.82. The normalized spacial score (nSPS) is 11.1. The molecular weight excluding hydrogens is 384 g/mol. The Labute approximate surface area is 174 Å². The zero-order valence-corrected chi connectivity index (χ0v) is 17.0. The number of hydrogen-bond donors (Lipinski definition) is 2. The smallest absolute Gasteiger partial charge is 0.283 e. The molecule has 0 spiro atoms. The Morgan fingerprint density at radius 1 is 1.17 bits per heavy atom. The average molecular weight is 408 g/mol. The number of nitrogens with zero attached hydrogens (tertiary/aromatic N) is 3. The molecule has 0 bridgehead atoms. The third-order valence-electron chi connectivity index (χ3n) is 4.42. The van der Waals surface area contributed by atoms with Gasteiger partial charge in [0.05, 0.1) is 5.52 Å². The number of aromatic nitrogens is 1. The van der Waals surface area contributed by atoms with Crippen molar-refractivity contribution >= 4 is 28.4 Å². The summed E-state index contributed by atoms with van der Waals surface area (Å²) in [6.07, 6.45) is 0.832. The van der Waals surface area contributed by atoms with Crippen LogP contribution in [0.15, 0.2) is 58.8 Å². The van der Waals surface area contributed by atoms with E-state index in [1.807, 2.05) is 56.3 Å². The van der Waals surface area contributed by atoms with Gasteiger partial charge in [-0.2, -0.15) is 0 Å². The zero-order valence-electron chi connectivity index (χ0n) is 17.0. The summed E-state index contributed by atoms with van der Waals surface area (Å²) in [5, 5.41) is 21.2. The van der Waals surface area contributed by atoms with Crippen LogP contribution in [0.2, 0.25) is 0 Å². The SMILES string of the molecule is CCCn1c(O)c(N=NC(=O)CNC(=O)COc2cccc(C)c2)c2ccccc21. The first-order valence-corrected chi connectivity index (χ1v) is 9.70. The topological polar surface area (TPSA) is 105 Å². The number of nitrogens with one attached hydrogen (secondary N) is 1. The van der Waals surface area contributed by atoms with Gasteiger partial charge in [0.25, 0.3) is 11.8 Å². The quantitative estimate of drug-likeness (QED) is 0.552. The molecule has 0 aliphatic heterocycles. The Balaban J connectivity index is 1.58. The van der Waals surface area contributed by atoms with E-state index >= 15 is 0 Å². The molecule has 2 aromatic carbocycles. The summed E-state index contributed by atoms with van der Waals surface area (Å²) in [5.74, 6) is -0.534. The molecule has 2 amide bonds. The molecule has 0 aliphatic rings. The van der Waals surface area contributed by atoms with Crippen LogP contribution in [0.4, 0.5) is 5.69 Å². The van der Waals surface area contributed by atoms with E-state index in [0.29, 0.717) is 17.7 Å². The lowest BCUT2D eigenvalue weighted by Gasteiger charge is -2.06. The first-order chi connectivity index (χ1) is 14.5. The average Bonchev–Trinajstić information content (AvgIpc) is 3.01. The summed E-state index contributed by atoms with van der Waals surface area (Å²) in [7, 11) is 0. The molecule has 0 atom stereocenters. The molecule has 3 aromatic rings. The van der Waals surface area contributed by atoms with Crippen molar-refractivity contribution in [1.82, 2.24) is 9.88 Å². The van der Waals surface area contributed by atoms with E-state index in [9.17, 15) is 14.7 Å². The van der Waals surface area contributed by atoms with E-state index in [4.69, 9.17) is 4.74 Å². The van der Waals surface area contributed by atoms with Gasteiger partial charge in [-0.1, -0.05) is 37.3 Å². The highest BCUT2D eigenvalue weighted by Gasteiger charge is 2.16. The molecule has 8 nitrogen and oxygen atoms in total. The van der Waals surface area contributed by atoms with Crippen molar-refractivity contribution in [2.75, 3.05) is 13.2 Å². The van der Waals surface area contributed by atoms with E-state index < -0.39 is 11.8 Å². The molecular formula is C22H24N4O4. The fourth-order valence-corrected chi connectivity index (χ4v) is 3.04. The van der Waals surface area contributed by atoms with Gasteiger partial charge >= 0.3 is 0 Å². The van der Waals surface area contributed by atoms with Gasteiger partial charge in [-0.3, -0.25) is 9.59 Å². The maximum Gasteiger partial charge on any atom is 0.283 e. The number of carbonyl (C=O) groups is 2. The molecule has 3 rings (SSSR count). The molecule has 2 N–H and O–H groups in total. The first-order valence-electron chi connectivity index (χ1n) is 9.70. The Morgan fingerprint density at radius 2 is 1.97 bits per heavy atom.